The van der Waals surface area contributed by atoms with Gasteiger partial charge in [0.05, 0.1) is 19.1 Å². The van der Waals surface area contributed by atoms with Crippen LogP contribution in [0.25, 0.3) is 0 Å². The molecule has 1 N–H and O–H groups in total. The van der Waals surface area contributed by atoms with Crippen LogP contribution in [0.5, 0.6) is 11.5 Å². The molecule has 1 aliphatic rings. The molecule has 2 aromatic rings. The summed E-state index contributed by atoms with van der Waals surface area (Å²) in [6, 6.07) is 11.0. The summed E-state index contributed by atoms with van der Waals surface area (Å²) >= 11 is 3.32. The molecule has 162 valence electrons. The van der Waals surface area contributed by atoms with Gasteiger partial charge in [-0.05, 0) is 55.3 Å². The van der Waals surface area contributed by atoms with Crippen molar-refractivity contribution in [3.63, 3.8) is 0 Å². The quantitative estimate of drug-likeness (QED) is 0.635. The van der Waals surface area contributed by atoms with E-state index in [2.05, 4.69) is 21.2 Å². The van der Waals surface area contributed by atoms with Crippen LogP contribution in [-0.4, -0.2) is 45.4 Å². The van der Waals surface area contributed by atoms with Gasteiger partial charge < -0.3 is 14.8 Å². The highest BCUT2D eigenvalue weighted by atomic mass is 79.9. The molecule has 2 aromatic carbocycles. The van der Waals surface area contributed by atoms with E-state index in [1.165, 1.54) is 4.31 Å². The fourth-order valence-electron chi connectivity index (χ4n) is 3.52. The minimum atomic E-state index is -3.77. The Hall–Kier alpha value is -2.10. The summed E-state index contributed by atoms with van der Waals surface area (Å²) in [6.07, 6.45) is 2.01. The summed E-state index contributed by atoms with van der Waals surface area (Å²) in [7, 11) is -0.650. The molecule has 0 saturated carbocycles. The van der Waals surface area contributed by atoms with Crippen molar-refractivity contribution in [1.29, 1.82) is 0 Å². The van der Waals surface area contributed by atoms with Gasteiger partial charge in [-0.15, -0.1) is 0 Å². The number of carbonyl (C=O) groups is 1. The number of amides is 1. The Morgan fingerprint density at radius 1 is 1.13 bits per heavy atom. The molecule has 3 rings (SSSR count). The van der Waals surface area contributed by atoms with Crippen molar-refractivity contribution >= 4 is 31.9 Å². The number of benzene rings is 2. The topological polar surface area (TPSA) is 84.9 Å². The lowest BCUT2D eigenvalue weighted by Gasteiger charge is -2.33. The molecule has 7 nitrogen and oxygen atoms in total. The summed E-state index contributed by atoms with van der Waals surface area (Å²) in [5.41, 5.74) is 0.753. The van der Waals surface area contributed by atoms with E-state index in [-0.39, 0.29) is 17.3 Å². The molecule has 0 unspecified atom stereocenters. The van der Waals surface area contributed by atoms with Gasteiger partial charge in [0.1, 0.15) is 17.5 Å². The smallest absolute Gasteiger partial charge is 0.243 e. The van der Waals surface area contributed by atoms with Crippen LogP contribution in [0.15, 0.2) is 51.8 Å². The maximum absolute atomic E-state index is 13.2. The molecule has 1 amide bonds. The van der Waals surface area contributed by atoms with Crippen molar-refractivity contribution in [3.8, 4) is 11.5 Å². The summed E-state index contributed by atoms with van der Waals surface area (Å²) in [6.45, 7) is 0.529. The molecule has 1 saturated heterocycles. The van der Waals surface area contributed by atoms with Crippen LogP contribution in [-0.2, 0) is 21.4 Å². The highest BCUT2D eigenvalue weighted by Gasteiger charge is 2.37. The Morgan fingerprint density at radius 2 is 1.87 bits per heavy atom. The molecule has 0 aliphatic carbocycles. The number of hydrogen-bond donors (Lipinski definition) is 1. The van der Waals surface area contributed by atoms with E-state index < -0.39 is 16.1 Å². The van der Waals surface area contributed by atoms with Gasteiger partial charge in [0.25, 0.3) is 0 Å². The molecule has 0 radical (unpaired) electrons. The summed E-state index contributed by atoms with van der Waals surface area (Å²) in [4.78, 5) is 13.2. The second kappa shape index (κ2) is 9.80. The number of piperidine rings is 1. The van der Waals surface area contributed by atoms with Crippen molar-refractivity contribution in [1.82, 2.24) is 9.62 Å². The van der Waals surface area contributed by atoms with E-state index in [4.69, 9.17) is 9.47 Å². The molecule has 1 heterocycles. The van der Waals surface area contributed by atoms with Gasteiger partial charge in [-0.25, -0.2) is 8.42 Å². The molecule has 0 spiro atoms. The fourth-order valence-corrected chi connectivity index (χ4v) is 5.44. The SMILES string of the molecule is COc1ccc(OC)c(CNC(=O)[C@@H]2CCCCN2S(=O)(=O)c2ccc(Br)cc2)c1. The average Bonchev–Trinajstić information content (AvgIpc) is 2.77. The number of nitrogens with one attached hydrogen (secondary N) is 1. The van der Waals surface area contributed by atoms with Crippen LogP contribution >= 0.6 is 15.9 Å². The predicted octanol–water partition coefficient (Wildman–Crippen LogP) is 3.33. The molecule has 0 bridgehead atoms. The highest BCUT2D eigenvalue weighted by molar-refractivity contribution is 9.10. The van der Waals surface area contributed by atoms with Crippen LogP contribution in [0.3, 0.4) is 0 Å². The molecule has 9 heteroatoms. The lowest BCUT2D eigenvalue weighted by atomic mass is 10.0. The Balaban J connectivity index is 1.78. The number of ether oxygens (including phenoxy) is 2. The van der Waals surface area contributed by atoms with E-state index in [9.17, 15) is 13.2 Å². The maximum atomic E-state index is 13.2. The normalized spacial score (nSPS) is 17.4. The molecule has 1 atom stereocenters. The lowest BCUT2D eigenvalue weighted by molar-refractivity contribution is -0.125. The zero-order chi connectivity index (χ0) is 21.7. The Labute approximate surface area is 185 Å². The van der Waals surface area contributed by atoms with E-state index in [1.54, 1.807) is 56.7 Å². The fraction of sp³-hybridized carbons (Fsp3) is 0.381. The largest absolute Gasteiger partial charge is 0.497 e. The third kappa shape index (κ3) is 4.96. The first-order valence-corrected chi connectivity index (χ1v) is 11.9. The molecular formula is C21H25BrN2O5S. The number of hydrogen-bond acceptors (Lipinski definition) is 5. The van der Waals surface area contributed by atoms with Crippen molar-refractivity contribution in [2.75, 3.05) is 20.8 Å². The number of carbonyl (C=O) groups excluding carboxylic acids is 1. The van der Waals surface area contributed by atoms with Crippen molar-refractivity contribution in [3.05, 3.63) is 52.5 Å². The minimum Gasteiger partial charge on any atom is -0.497 e. The number of methoxy groups -OCH3 is 2. The standard InChI is InChI=1S/C21H25BrN2O5S/c1-28-17-8-11-20(29-2)15(13-17)14-23-21(25)19-5-3-4-12-24(19)30(26,27)18-9-6-16(22)7-10-18/h6-11,13,19H,3-5,12,14H2,1-2H3,(H,23,25)/t19-/m0/s1. The lowest BCUT2D eigenvalue weighted by Crippen LogP contribution is -2.51. The Bertz CT molecular complexity index is 995. The minimum absolute atomic E-state index is 0.180. The van der Waals surface area contributed by atoms with Gasteiger partial charge in [-0.1, -0.05) is 22.4 Å². The number of sulfonamides is 1. The van der Waals surface area contributed by atoms with Gasteiger partial charge in [0, 0.05) is 23.1 Å². The molecule has 1 aliphatic heterocycles. The molecule has 1 fully saturated rings. The van der Waals surface area contributed by atoms with Crippen molar-refractivity contribution < 1.29 is 22.7 Å². The first-order chi connectivity index (χ1) is 14.4. The van der Waals surface area contributed by atoms with Crippen molar-refractivity contribution in [2.45, 2.75) is 36.7 Å². The molecule has 30 heavy (non-hydrogen) atoms. The van der Waals surface area contributed by atoms with Gasteiger partial charge >= 0.3 is 0 Å². The number of nitrogens with zero attached hydrogens (tertiary/aromatic N) is 1. The zero-order valence-electron chi connectivity index (χ0n) is 16.9. The van der Waals surface area contributed by atoms with E-state index >= 15 is 0 Å². The Morgan fingerprint density at radius 3 is 2.53 bits per heavy atom. The monoisotopic (exact) mass is 496 g/mol. The predicted molar refractivity (Wildman–Crippen MR) is 117 cm³/mol. The van der Waals surface area contributed by atoms with Gasteiger partial charge in [0.2, 0.25) is 15.9 Å². The summed E-state index contributed by atoms with van der Waals surface area (Å²) < 4.78 is 39.0. The Kier molecular flexibility index (Phi) is 7.38. The average molecular weight is 497 g/mol. The second-order valence-electron chi connectivity index (χ2n) is 6.98. The van der Waals surface area contributed by atoms with Crippen LogP contribution in [0.2, 0.25) is 0 Å². The van der Waals surface area contributed by atoms with Crippen LogP contribution in [0.4, 0.5) is 0 Å². The van der Waals surface area contributed by atoms with Crippen LogP contribution < -0.4 is 14.8 Å². The zero-order valence-corrected chi connectivity index (χ0v) is 19.3. The molecule has 0 aromatic heterocycles. The number of rotatable bonds is 7. The summed E-state index contributed by atoms with van der Waals surface area (Å²) in [5.74, 6) is 0.955. The second-order valence-corrected chi connectivity index (χ2v) is 9.78. The van der Waals surface area contributed by atoms with Crippen LogP contribution in [0, 0.1) is 0 Å². The van der Waals surface area contributed by atoms with Gasteiger partial charge in [-0.2, -0.15) is 4.31 Å². The molecular weight excluding hydrogens is 472 g/mol. The summed E-state index contributed by atoms with van der Waals surface area (Å²) in [5, 5.41) is 2.87. The van der Waals surface area contributed by atoms with E-state index in [0.717, 1.165) is 22.9 Å². The van der Waals surface area contributed by atoms with Crippen LogP contribution in [0.1, 0.15) is 24.8 Å². The third-order valence-corrected chi connectivity index (χ3v) is 7.57. The van der Waals surface area contributed by atoms with E-state index in [0.29, 0.717) is 24.5 Å². The van der Waals surface area contributed by atoms with Gasteiger partial charge in [0.15, 0.2) is 0 Å². The first kappa shape index (κ1) is 22.6. The maximum Gasteiger partial charge on any atom is 0.243 e. The first-order valence-electron chi connectivity index (χ1n) is 9.63. The third-order valence-electron chi connectivity index (χ3n) is 5.12. The highest BCUT2D eigenvalue weighted by Crippen LogP contribution is 2.27. The van der Waals surface area contributed by atoms with E-state index in [1.807, 2.05) is 0 Å². The van der Waals surface area contributed by atoms with Crippen molar-refractivity contribution in [2.24, 2.45) is 0 Å². The van der Waals surface area contributed by atoms with Gasteiger partial charge in [-0.3, -0.25) is 4.79 Å². The number of halogens is 1.